The summed E-state index contributed by atoms with van der Waals surface area (Å²) >= 11 is 0. The van der Waals surface area contributed by atoms with Gasteiger partial charge in [0.25, 0.3) is 5.91 Å². The van der Waals surface area contributed by atoms with Gasteiger partial charge in [0.1, 0.15) is 5.52 Å². The molecule has 144 valence electrons. The third-order valence-corrected chi connectivity index (χ3v) is 5.58. The van der Waals surface area contributed by atoms with Crippen LogP contribution in [0.5, 0.6) is 0 Å². The van der Waals surface area contributed by atoms with Crippen LogP contribution < -0.4 is 5.32 Å². The third kappa shape index (κ3) is 3.27. The van der Waals surface area contributed by atoms with Crippen molar-refractivity contribution in [1.29, 1.82) is 0 Å². The summed E-state index contributed by atoms with van der Waals surface area (Å²) < 4.78 is 7.81. The van der Waals surface area contributed by atoms with Crippen LogP contribution in [0.3, 0.4) is 0 Å². The Kier molecular flexibility index (Phi) is 4.54. The van der Waals surface area contributed by atoms with Crippen LogP contribution in [0.1, 0.15) is 15.9 Å². The largest absolute Gasteiger partial charge is 0.373 e. The first-order valence-corrected chi connectivity index (χ1v) is 9.77. The Morgan fingerprint density at radius 2 is 2.11 bits per heavy atom. The molecular weight excluding hydrogens is 354 g/mol. The Labute approximate surface area is 163 Å². The molecule has 2 saturated heterocycles. The van der Waals surface area contributed by atoms with E-state index in [1.807, 2.05) is 33.7 Å². The standard InChI is InChI=1S/C21H23N5O2/c27-21(26-12-18-19(13-26)28-9-7-22-18)16-10-17-20(23-11-16)25(14-24-17)8-6-15-4-2-1-3-5-15/h1-5,10-11,14,18-19,22H,6-9,12-13H2/t18-,19-/m0/s1. The van der Waals surface area contributed by atoms with Gasteiger partial charge in [-0.2, -0.15) is 0 Å². The number of carbonyl (C=O) groups excluding carboxylic acids is 1. The molecule has 0 radical (unpaired) electrons. The first-order chi connectivity index (χ1) is 13.8. The van der Waals surface area contributed by atoms with Crippen molar-refractivity contribution in [3.05, 3.63) is 60.0 Å². The molecule has 1 amide bonds. The summed E-state index contributed by atoms with van der Waals surface area (Å²) in [7, 11) is 0. The number of rotatable bonds is 4. The molecule has 7 heteroatoms. The van der Waals surface area contributed by atoms with Gasteiger partial charge in [-0.25, -0.2) is 9.97 Å². The van der Waals surface area contributed by atoms with Crippen LogP contribution in [-0.2, 0) is 17.7 Å². The van der Waals surface area contributed by atoms with Crippen LogP contribution in [0.15, 0.2) is 48.9 Å². The predicted molar refractivity (Wildman–Crippen MR) is 105 cm³/mol. The van der Waals surface area contributed by atoms with E-state index in [4.69, 9.17) is 4.74 Å². The van der Waals surface area contributed by atoms with Crippen molar-refractivity contribution in [2.75, 3.05) is 26.2 Å². The second kappa shape index (κ2) is 7.33. The Balaban J connectivity index is 1.31. The lowest BCUT2D eigenvalue weighted by molar-refractivity contribution is 0.0176. The van der Waals surface area contributed by atoms with Gasteiger partial charge in [-0.05, 0) is 18.1 Å². The Hall–Kier alpha value is -2.77. The number of pyridine rings is 1. The van der Waals surface area contributed by atoms with E-state index in [0.29, 0.717) is 25.3 Å². The number of benzene rings is 1. The number of hydrogen-bond donors (Lipinski definition) is 1. The molecule has 5 rings (SSSR count). The van der Waals surface area contributed by atoms with Gasteiger partial charge in [0, 0.05) is 32.4 Å². The van der Waals surface area contributed by atoms with Crippen LogP contribution in [0, 0.1) is 0 Å². The number of morpholine rings is 1. The van der Waals surface area contributed by atoms with Crippen molar-refractivity contribution in [3.63, 3.8) is 0 Å². The fraction of sp³-hybridized carbons (Fsp3) is 0.381. The number of hydrogen-bond acceptors (Lipinski definition) is 5. The molecule has 0 bridgehead atoms. The van der Waals surface area contributed by atoms with Crippen LogP contribution >= 0.6 is 0 Å². The minimum atomic E-state index is -0.00645. The van der Waals surface area contributed by atoms with Crippen LogP contribution in [0.4, 0.5) is 0 Å². The maximum Gasteiger partial charge on any atom is 0.255 e. The zero-order valence-electron chi connectivity index (χ0n) is 15.6. The second-order valence-corrected chi connectivity index (χ2v) is 7.42. The summed E-state index contributed by atoms with van der Waals surface area (Å²) in [6, 6.07) is 12.4. The van der Waals surface area contributed by atoms with E-state index >= 15 is 0 Å². The van der Waals surface area contributed by atoms with Gasteiger partial charge in [-0.1, -0.05) is 30.3 Å². The number of amides is 1. The molecule has 7 nitrogen and oxygen atoms in total. The molecule has 2 aliphatic heterocycles. The van der Waals surface area contributed by atoms with E-state index in [1.54, 1.807) is 12.5 Å². The molecule has 28 heavy (non-hydrogen) atoms. The molecule has 2 atom stereocenters. The van der Waals surface area contributed by atoms with Crippen molar-refractivity contribution in [2.45, 2.75) is 25.1 Å². The van der Waals surface area contributed by atoms with E-state index in [0.717, 1.165) is 30.7 Å². The van der Waals surface area contributed by atoms with E-state index in [2.05, 4.69) is 27.4 Å². The first kappa shape index (κ1) is 17.3. The number of nitrogens with one attached hydrogen (secondary N) is 1. The van der Waals surface area contributed by atoms with E-state index in [1.165, 1.54) is 5.56 Å². The lowest BCUT2D eigenvalue weighted by Gasteiger charge is -2.25. The molecular formula is C21H23N5O2. The minimum Gasteiger partial charge on any atom is -0.373 e. The minimum absolute atomic E-state index is 0.00645. The number of nitrogens with zero attached hydrogens (tertiary/aromatic N) is 4. The smallest absolute Gasteiger partial charge is 0.255 e. The fourth-order valence-corrected chi connectivity index (χ4v) is 4.07. The number of likely N-dealkylation sites (tertiary alicyclic amines) is 1. The predicted octanol–water partition coefficient (Wildman–Crippen LogP) is 1.49. The van der Waals surface area contributed by atoms with Gasteiger partial charge in [0.15, 0.2) is 5.65 Å². The van der Waals surface area contributed by atoms with Crippen LogP contribution in [0.2, 0.25) is 0 Å². The van der Waals surface area contributed by atoms with Crippen LogP contribution in [-0.4, -0.2) is 63.7 Å². The van der Waals surface area contributed by atoms with Gasteiger partial charge in [0.2, 0.25) is 0 Å². The molecule has 2 aromatic heterocycles. The molecule has 4 heterocycles. The number of fused-ring (bicyclic) bond motifs is 2. The van der Waals surface area contributed by atoms with Crippen molar-refractivity contribution >= 4 is 17.1 Å². The highest BCUT2D eigenvalue weighted by molar-refractivity contribution is 5.96. The van der Waals surface area contributed by atoms with Gasteiger partial charge in [0.05, 0.1) is 30.6 Å². The van der Waals surface area contributed by atoms with Gasteiger partial charge in [-0.3, -0.25) is 4.79 Å². The normalized spacial score (nSPS) is 21.8. The van der Waals surface area contributed by atoms with Crippen molar-refractivity contribution < 1.29 is 9.53 Å². The van der Waals surface area contributed by atoms with E-state index in [9.17, 15) is 4.79 Å². The van der Waals surface area contributed by atoms with Gasteiger partial charge in [-0.15, -0.1) is 0 Å². The number of ether oxygens (including phenoxy) is 1. The highest BCUT2D eigenvalue weighted by Gasteiger charge is 2.37. The zero-order chi connectivity index (χ0) is 18.9. The first-order valence-electron chi connectivity index (χ1n) is 9.77. The lowest BCUT2D eigenvalue weighted by Crippen LogP contribution is -2.47. The average Bonchev–Trinajstić information content (AvgIpc) is 3.36. The maximum atomic E-state index is 12.9. The van der Waals surface area contributed by atoms with Gasteiger partial charge < -0.3 is 19.5 Å². The fourth-order valence-electron chi connectivity index (χ4n) is 4.07. The van der Waals surface area contributed by atoms with E-state index in [-0.39, 0.29) is 18.1 Å². The monoisotopic (exact) mass is 377 g/mol. The quantitative estimate of drug-likeness (QED) is 0.746. The molecule has 0 unspecified atom stereocenters. The van der Waals surface area contributed by atoms with Gasteiger partial charge >= 0.3 is 0 Å². The lowest BCUT2D eigenvalue weighted by atomic mass is 10.1. The molecule has 2 aliphatic rings. The second-order valence-electron chi connectivity index (χ2n) is 7.42. The average molecular weight is 377 g/mol. The summed E-state index contributed by atoms with van der Waals surface area (Å²) in [6.45, 7) is 3.65. The van der Waals surface area contributed by atoms with Crippen molar-refractivity contribution in [3.8, 4) is 0 Å². The van der Waals surface area contributed by atoms with E-state index < -0.39 is 0 Å². The maximum absolute atomic E-state index is 12.9. The summed E-state index contributed by atoms with van der Waals surface area (Å²) in [5.41, 5.74) is 3.43. The molecule has 3 aromatic rings. The molecule has 0 saturated carbocycles. The Morgan fingerprint density at radius 1 is 1.21 bits per heavy atom. The van der Waals surface area contributed by atoms with Crippen LogP contribution in [0.25, 0.3) is 11.2 Å². The SMILES string of the molecule is O=C(c1cnc2c(c1)ncn2CCc1ccccc1)N1C[C@@H]2NCCO[C@H]2C1. The molecule has 1 aromatic carbocycles. The summed E-state index contributed by atoms with van der Waals surface area (Å²) in [6.07, 6.45) is 4.48. The van der Waals surface area contributed by atoms with Crippen molar-refractivity contribution in [1.82, 2.24) is 24.8 Å². The molecule has 0 spiro atoms. The highest BCUT2D eigenvalue weighted by atomic mass is 16.5. The third-order valence-electron chi connectivity index (χ3n) is 5.58. The Bertz CT molecular complexity index is 973. The summed E-state index contributed by atoms with van der Waals surface area (Å²) in [5, 5.41) is 3.43. The Morgan fingerprint density at radius 3 is 2.96 bits per heavy atom. The number of aryl methyl sites for hydroxylation is 2. The highest BCUT2D eigenvalue weighted by Crippen LogP contribution is 2.20. The zero-order valence-corrected chi connectivity index (χ0v) is 15.6. The molecule has 1 N–H and O–H groups in total. The number of imidazole rings is 1. The molecule has 2 fully saturated rings. The summed E-state index contributed by atoms with van der Waals surface area (Å²) in [5.74, 6) is -0.00645. The molecule has 0 aliphatic carbocycles. The van der Waals surface area contributed by atoms with Crippen molar-refractivity contribution in [2.24, 2.45) is 0 Å². The number of aromatic nitrogens is 3. The summed E-state index contributed by atoms with van der Waals surface area (Å²) in [4.78, 5) is 23.8. The topological polar surface area (TPSA) is 72.3 Å². The number of carbonyl (C=O) groups is 1.